The summed E-state index contributed by atoms with van der Waals surface area (Å²) in [5, 5.41) is 0.716. The van der Waals surface area contributed by atoms with E-state index in [1.807, 2.05) is 18.2 Å². The predicted octanol–water partition coefficient (Wildman–Crippen LogP) is 5.42. The zero-order valence-corrected chi connectivity index (χ0v) is 13.5. The van der Waals surface area contributed by atoms with E-state index in [1.54, 1.807) is 0 Å². The minimum absolute atomic E-state index is 0.128. The molecule has 2 aromatic rings. The fraction of sp³-hybridized carbons (Fsp3) is 0.294. The molecule has 0 amide bonds. The van der Waals surface area contributed by atoms with Gasteiger partial charge in [-0.1, -0.05) is 64.3 Å². The summed E-state index contributed by atoms with van der Waals surface area (Å²) >= 11 is 9.51. The van der Waals surface area contributed by atoms with Crippen molar-refractivity contribution in [1.82, 2.24) is 0 Å². The number of hydrogen-bond donors (Lipinski definition) is 1. The van der Waals surface area contributed by atoms with Crippen LogP contribution in [-0.2, 0) is 0 Å². The first kappa shape index (κ1) is 14.1. The van der Waals surface area contributed by atoms with Crippen LogP contribution in [-0.4, -0.2) is 0 Å². The maximum atomic E-state index is 6.37. The van der Waals surface area contributed by atoms with Crippen molar-refractivity contribution in [1.29, 1.82) is 0 Å². The molecule has 2 N–H and O–H groups in total. The Bertz CT molecular complexity index is 605. The lowest BCUT2D eigenvalue weighted by Gasteiger charge is -2.26. The van der Waals surface area contributed by atoms with E-state index in [2.05, 4.69) is 40.2 Å². The van der Waals surface area contributed by atoms with Gasteiger partial charge in [0.2, 0.25) is 0 Å². The van der Waals surface area contributed by atoms with Crippen molar-refractivity contribution in [2.24, 2.45) is 5.73 Å². The van der Waals surface area contributed by atoms with Crippen LogP contribution in [0.25, 0.3) is 0 Å². The normalized spacial score (nSPS) is 16.8. The first-order valence-corrected chi connectivity index (χ1v) is 8.12. The molecule has 0 heterocycles. The molecule has 20 heavy (non-hydrogen) atoms. The van der Waals surface area contributed by atoms with Crippen molar-refractivity contribution in [3.63, 3.8) is 0 Å². The Hall–Kier alpha value is -0.830. The number of benzene rings is 2. The lowest BCUT2D eigenvalue weighted by atomic mass is 9.79. The Morgan fingerprint density at radius 2 is 1.80 bits per heavy atom. The van der Waals surface area contributed by atoms with Crippen molar-refractivity contribution in [3.8, 4) is 0 Å². The van der Waals surface area contributed by atoms with Crippen LogP contribution in [0.4, 0.5) is 0 Å². The molecule has 0 spiro atoms. The van der Waals surface area contributed by atoms with Crippen LogP contribution in [0.3, 0.4) is 0 Å². The lowest BCUT2D eigenvalue weighted by Crippen LogP contribution is -2.13. The summed E-state index contributed by atoms with van der Waals surface area (Å²) in [7, 11) is 0. The first-order chi connectivity index (χ1) is 9.65. The van der Waals surface area contributed by atoms with E-state index in [0.717, 1.165) is 21.5 Å². The summed E-state index contributed by atoms with van der Waals surface area (Å²) in [6.45, 7) is 0. The van der Waals surface area contributed by atoms with Gasteiger partial charge in [0.25, 0.3) is 0 Å². The van der Waals surface area contributed by atoms with Crippen LogP contribution in [0.1, 0.15) is 47.9 Å². The third-order valence-electron chi connectivity index (χ3n) is 4.17. The molecule has 0 radical (unpaired) electrons. The molecule has 0 bridgehead atoms. The highest BCUT2D eigenvalue weighted by atomic mass is 79.9. The van der Waals surface area contributed by atoms with E-state index in [9.17, 15) is 0 Å². The summed E-state index contributed by atoms with van der Waals surface area (Å²) in [6, 6.07) is 14.4. The smallest absolute Gasteiger partial charge is 0.0562 e. The second kappa shape index (κ2) is 5.88. The minimum Gasteiger partial charge on any atom is -0.320 e. The molecule has 0 aliphatic heterocycles. The number of rotatable bonds is 3. The highest BCUT2D eigenvalue weighted by molar-refractivity contribution is 9.10. The molecule has 1 aliphatic rings. The quantitative estimate of drug-likeness (QED) is 0.786. The second-order valence-electron chi connectivity index (χ2n) is 5.44. The fourth-order valence-electron chi connectivity index (χ4n) is 2.65. The zero-order valence-electron chi connectivity index (χ0n) is 11.2. The Morgan fingerprint density at radius 3 is 2.35 bits per heavy atom. The van der Waals surface area contributed by atoms with E-state index >= 15 is 0 Å². The molecule has 0 saturated heterocycles. The van der Waals surface area contributed by atoms with Crippen LogP contribution < -0.4 is 5.73 Å². The highest BCUT2D eigenvalue weighted by Crippen LogP contribution is 2.37. The number of nitrogens with two attached hydrogens (primary N) is 1. The largest absolute Gasteiger partial charge is 0.320 e. The van der Waals surface area contributed by atoms with Crippen molar-refractivity contribution in [2.45, 2.75) is 31.2 Å². The van der Waals surface area contributed by atoms with E-state index in [0.29, 0.717) is 5.02 Å². The monoisotopic (exact) mass is 349 g/mol. The zero-order chi connectivity index (χ0) is 14.1. The molecule has 1 saturated carbocycles. The highest BCUT2D eigenvalue weighted by Gasteiger charge is 2.20. The summed E-state index contributed by atoms with van der Waals surface area (Å²) in [5.41, 5.74) is 10.0. The third-order valence-corrected chi connectivity index (χ3v) is 5.09. The summed E-state index contributed by atoms with van der Waals surface area (Å²) in [5.74, 6) is 0.766. The first-order valence-electron chi connectivity index (χ1n) is 6.95. The van der Waals surface area contributed by atoms with Gasteiger partial charge in [-0.3, -0.25) is 0 Å². The minimum atomic E-state index is -0.128. The lowest BCUT2D eigenvalue weighted by molar-refractivity contribution is 0.419. The molecule has 1 nitrogen and oxygen atoms in total. The summed E-state index contributed by atoms with van der Waals surface area (Å²) in [4.78, 5) is 0. The van der Waals surface area contributed by atoms with E-state index in [4.69, 9.17) is 17.3 Å². The predicted molar refractivity (Wildman–Crippen MR) is 88.2 cm³/mol. The van der Waals surface area contributed by atoms with Gasteiger partial charge in [0.1, 0.15) is 0 Å². The maximum absolute atomic E-state index is 6.37. The molecule has 0 aromatic heterocycles. The van der Waals surface area contributed by atoms with Crippen LogP contribution in [0, 0.1) is 0 Å². The van der Waals surface area contributed by atoms with Crippen LogP contribution >= 0.6 is 27.5 Å². The van der Waals surface area contributed by atoms with E-state index in [1.165, 1.54) is 24.8 Å². The van der Waals surface area contributed by atoms with Crippen molar-refractivity contribution in [3.05, 3.63) is 68.7 Å². The molecule has 1 aliphatic carbocycles. The van der Waals surface area contributed by atoms with Crippen LogP contribution in [0.2, 0.25) is 5.02 Å². The number of hydrogen-bond acceptors (Lipinski definition) is 1. The van der Waals surface area contributed by atoms with Gasteiger partial charge in [0, 0.05) is 9.50 Å². The molecule has 1 atom stereocenters. The van der Waals surface area contributed by atoms with Gasteiger partial charge in [-0.05, 0) is 47.6 Å². The molecule has 3 heteroatoms. The Kier molecular flexibility index (Phi) is 4.16. The van der Waals surface area contributed by atoms with Crippen molar-refractivity contribution < 1.29 is 0 Å². The van der Waals surface area contributed by atoms with Gasteiger partial charge in [0.05, 0.1) is 6.04 Å². The summed E-state index contributed by atoms with van der Waals surface area (Å²) in [6.07, 6.45) is 4.02. The van der Waals surface area contributed by atoms with Crippen LogP contribution in [0.15, 0.2) is 46.9 Å². The third kappa shape index (κ3) is 2.78. The van der Waals surface area contributed by atoms with Gasteiger partial charge in [-0.15, -0.1) is 0 Å². The van der Waals surface area contributed by atoms with Gasteiger partial charge in [-0.25, -0.2) is 0 Å². The summed E-state index contributed by atoms with van der Waals surface area (Å²) < 4.78 is 0.959. The van der Waals surface area contributed by atoms with Crippen LogP contribution in [0.5, 0.6) is 0 Å². The van der Waals surface area contributed by atoms with Crippen molar-refractivity contribution in [2.75, 3.05) is 0 Å². The van der Waals surface area contributed by atoms with Gasteiger partial charge in [0.15, 0.2) is 0 Å². The SMILES string of the molecule is NC(c1ccc(C2CCC2)cc1)c1ccc(Cl)cc1Br. The van der Waals surface area contributed by atoms with E-state index in [-0.39, 0.29) is 6.04 Å². The van der Waals surface area contributed by atoms with Gasteiger partial charge < -0.3 is 5.73 Å². The van der Waals surface area contributed by atoms with Crippen molar-refractivity contribution >= 4 is 27.5 Å². The Balaban J connectivity index is 1.84. The average Bonchev–Trinajstić information content (AvgIpc) is 2.37. The molecule has 1 fully saturated rings. The van der Waals surface area contributed by atoms with E-state index < -0.39 is 0 Å². The second-order valence-corrected chi connectivity index (χ2v) is 6.73. The molecule has 3 rings (SSSR count). The molecule has 104 valence electrons. The van der Waals surface area contributed by atoms with Gasteiger partial charge >= 0.3 is 0 Å². The molecular formula is C17H17BrClN. The molecule has 1 unspecified atom stereocenters. The Labute approximate surface area is 133 Å². The standard InChI is InChI=1S/C17H17BrClN/c18-16-10-14(19)8-9-15(16)17(20)13-6-4-12(5-7-13)11-2-1-3-11/h4-11,17H,1-3,20H2. The molecular weight excluding hydrogens is 334 g/mol. The average molecular weight is 351 g/mol. The maximum Gasteiger partial charge on any atom is 0.0562 e. The molecule has 2 aromatic carbocycles. The number of halogens is 2. The Morgan fingerprint density at radius 1 is 1.10 bits per heavy atom. The topological polar surface area (TPSA) is 26.0 Å². The van der Waals surface area contributed by atoms with Gasteiger partial charge in [-0.2, -0.15) is 0 Å². The fourth-order valence-corrected chi connectivity index (χ4v) is 3.58.